The van der Waals surface area contributed by atoms with Crippen molar-refractivity contribution in [3.05, 3.63) is 71.9 Å². The van der Waals surface area contributed by atoms with Crippen LogP contribution in [0, 0.1) is 0 Å². The summed E-state index contributed by atoms with van der Waals surface area (Å²) in [6.07, 6.45) is 2.10. The molecule has 26 heavy (non-hydrogen) atoms. The Morgan fingerprint density at radius 3 is 2.50 bits per heavy atom. The van der Waals surface area contributed by atoms with Crippen LogP contribution in [-0.4, -0.2) is 47.0 Å². The van der Waals surface area contributed by atoms with Crippen LogP contribution >= 0.6 is 0 Å². The summed E-state index contributed by atoms with van der Waals surface area (Å²) < 4.78 is 0. The molecule has 2 N–H and O–H groups in total. The lowest BCUT2D eigenvalue weighted by atomic mass is 10.1. The Hall–Kier alpha value is -2.79. The fourth-order valence-electron chi connectivity index (χ4n) is 3.50. The average molecular weight is 348 g/mol. The fourth-order valence-corrected chi connectivity index (χ4v) is 3.50. The molecule has 0 radical (unpaired) electrons. The number of aromatic amines is 1. The first-order valence-corrected chi connectivity index (χ1v) is 9.13. The lowest BCUT2D eigenvalue weighted by molar-refractivity contribution is 0.135. The van der Waals surface area contributed by atoms with E-state index >= 15 is 0 Å². The largest absolute Gasteiger partial charge is 0.361 e. The van der Waals surface area contributed by atoms with Crippen molar-refractivity contribution in [1.82, 2.24) is 20.1 Å². The molecule has 1 fully saturated rings. The Morgan fingerprint density at radius 1 is 0.962 bits per heavy atom. The minimum Gasteiger partial charge on any atom is -0.361 e. The molecule has 5 heteroatoms. The SMILES string of the molecule is O=C(NCc1ccccc1)N1CCN(Cc2c[nH]c3ccccc23)CC1. The van der Waals surface area contributed by atoms with Crippen LogP contribution < -0.4 is 5.32 Å². The zero-order valence-electron chi connectivity index (χ0n) is 14.8. The number of amides is 2. The van der Waals surface area contributed by atoms with Gasteiger partial charge in [0.25, 0.3) is 0 Å². The van der Waals surface area contributed by atoms with E-state index in [1.165, 1.54) is 16.5 Å². The van der Waals surface area contributed by atoms with Gasteiger partial charge >= 0.3 is 6.03 Å². The van der Waals surface area contributed by atoms with Crippen LogP contribution in [0.25, 0.3) is 10.9 Å². The van der Waals surface area contributed by atoms with Gasteiger partial charge in [-0.25, -0.2) is 4.79 Å². The second kappa shape index (κ2) is 7.62. The zero-order valence-corrected chi connectivity index (χ0v) is 14.8. The van der Waals surface area contributed by atoms with Crippen molar-refractivity contribution < 1.29 is 4.79 Å². The van der Waals surface area contributed by atoms with E-state index in [0.717, 1.165) is 38.3 Å². The van der Waals surface area contributed by atoms with E-state index in [9.17, 15) is 4.79 Å². The lowest BCUT2D eigenvalue weighted by Crippen LogP contribution is -2.51. The van der Waals surface area contributed by atoms with Crippen molar-refractivity contribution in [3.63, 3.8) is 0 Å². The average Bonchev–Trinajstić information content (AvgIpc) is 3.10. The number of nitrogens with zero attached hydrogens (tertiary/aromatic N) is 2. The Bertz CT molecular complexity index is 866. The molecule has 0 spiro atoms. The molecular weight excluding hydrogens is 324 g/mol. The number of para-hydroxylation sites is 1. The molecule has 1 aliphatic heterocycles. The van der Waals surface area contributed by atoms with E-state index in [2.05, 4.69) is 45.7 Å². The van der Waals surface area contributed by atoms with E-state index in [4.69, 9.17) is 0 Å². The van der Waals surface area contributed by atoms with Gasteiger partial charge in [0.05, 0.1) is 0 Å². The number of aromatic nitrogens is 1. The van der Waals surface area contributed by atoms with Gasteiger partial charge < -0.3 is 15.2 Å². The van der Waals surface area contributed by atoms with Gasteiger partial charge in [-0.2, -0.15) is 0 Å². The first-order valence-electron chi connectivity index (χ1n) is 9.13. The van der Waals surface area contributed by atoms with Crippen LogP contribution in [0.5, 0.6) is 0 Å². The van der Waals surface area contributed by atoms with Gasteiger partial charge in [0.1, 0.15) is 0 Å². The molecule has 1 aliphatic rings. The number of carbonyl (C=O) groups excluding carboxylic acids is 1. The minimum absolute atomic E-state index is 0.0283. The number of urea groups is 1. The number of benzene rings is 2. The lowest BCUT2D eigenvalue weighted by Gasteiger charge is -2.34. The molecule has 2 aromatic carbocycles. The quantitative estimate of drug-likeness (QED) is 0.761. The summed E-state index contributed by atoms with van der Waals surface area (Å²) in [7, 11) is 0. The highest BCUT2D eigenvalue weighted by atomic mass is 16.2. The Labute approximate surface area is 153 Å². The van der Waals surface area contributed by atoms with Gasteiger partial charge in [-0.3, -0.25) is 4.90 Å². The third-order valence-electron chi connectivity index (χ3n) is 5.01. The smallest absolute Gasteiger partial charge is 0.317 e. The number of H-pyrrole nitrogens is 1. The van der Waals surface area contributed by atoms with Crippen LogP contribution in [0.4, 0.5) is 4.79 Å². The summed E-state index contributed by atoms with van der Waals surface area (Å²) in [6.45, 7) is 4.83. The molecule has 4 rings (SSSR count). The second-order valence-corrected chi connectivity index (χ2v) is 6.77. The van der Waals surface area contributed by atoms with E-state index in [0.29, 0.717) is 6.54 Å². The van der Waals surface area contributed by atoms with Crippen LogP contribution in [0.2, 0.25) is 0 Å². The third-order valence-corrected chi connectivity index (χ3v) is 5.01. The topological polar surface area (TPSA) is 51.4 Å². The maximum Gasteiger partial charge on any atom is 0.317 e. The summed E-state index contributed by atoms with van der Waals surface area (Å²) in [5.74, 6) is 0. The molecule has 0 atom stereocenters. The molecule has 2 amide bonds. The van der Waals surface area contributed by atoms with Crippen molar-refractivity contribution in [1.29, 1.82) is 0 Å². The van der Waals surface area contributed by atoms with Gasteiger partial charge in [0, 0.05) is 56.4 Å². The maximum atomic E-state index is 12.4. The Balaban J connectivity index is 1.28. The fraction of sp³-hybridized carbons (Fsp3) is 0.286. The van der Waals surface area contributed by atoms with Crippen LogP contribution in [0.3, 0.4) is 0 Å². The highest BCUT2D eigenvalue weighted by Gasteiger charge is 2.21. The van der Waals surface area contributed by atoms with Crippen LogP contribution in [0.1, 0.15) is 11.1 Å². The number of fused-ring (bicyclic) bond motifs is 1. The van der Waals surface area contributed by atoms with E-state index in [1.54, 1.807) is 0 Å². The first-order chi connectivity index (χ1) is 12.8. The second-order valence-electron chi connectivity index (χ2n) is 6.77. The molecule has 0 unspecified atom stereocenters. The predicted octanol–water partition coefficient (Wildman–Crippen LogP) is 3.20. The molecule has 1 aromatic heterocycles. The van der Waals surface area contributed by atoms with E-state index in [1.807, 2.05) is 35.2 Å². The van der Waals surface area contributed by atoms with Crippen molar-refractivity contribution in [2.45, 2.75) is 13.1 Å². The first kappa shape index (κ1) is 16.7. The van der Waals surface area contributed by atoms with Crippen LogP contribution in [0.15, 0.2) is 60.8 Å². The van der Waals surface area contributed by atoms with E-state index < -0.39 is 0 Å². The van der Waals surface area contributed by atoms with Gasteiger partial charge in [-0.05, 0) is 17.2 Å². The Kier molecular flexibility index (Phi) is 4.88. The van der Waals surface area contributed by atoms with Gasteiger partial charge in [-0.1, -0.05) is 48.5 Å². The zero-order chi connectivity index (χ0) is 17.8. The maximum absolute atomic E-state index is 12.4. The highest BCUT2D eigenvalue weighted by Crippen LogP contribution is 2.20. The normalized spacial score (nSPS) is 15.3. The Morgan fingerprint density at radius 2 is 1.69 bits per heavy atom. The van der Waals surface area contributed by atoms with Crippen molar-refractivity contribution in [2.24, 2.45) is 0 Å². The molecule has 1 saturated heterocycles. The highest BCUT2D eigenvalue weighted by molar-refractivity contribution is 5.83. The number of carbonyl (C=O) groups is 1. The molecule has 3 aromatic rings. The summed E-state index contributed by atoms with van der Waals surface area (Å²) in [5.41, 5.74) is 3.63. The summed E-state index contributed by atoms with van der Waals surface area (Å²) in [4.78, 5) is 20.0. The summed E-state index contributed by atoms with van der Waals surface area (Å²) in [6, 6.07) is 18.4. The number of hydrogen-bond donors (Lipinski definition) is 2. The van der Waals surface area contributed by atoms with Gasteiger partial charge in [0.2, 0.25) is 0 Å². The number of rotatable bonds is 4. The molecule has 5 nitrogen and oxygen atoms in total. The number of nitrogens with one attached hydrogen (secondary N) is 2. The molecule has 0 bridgehead atoms. The third kappa shape index (κ3) is 3.73. The summed E-state index contributed by atoms with van der Waals surface area (Å²) in [5, 5.41) is 4.30. The molecule has 0 saturated carbocycles. The molecule has 2 heterocycles. The van der Waals surface area contributed by atoms with Crippen molar-refractivity contribution in [3.8, 4) is 0 Å². The number of hydrogen-bond acceptors (Lipinski definition) is 2. The molecule has 134 valence electrons. The monoisotopic (exact) mass is 348 g/mol. The summed E-state index contributed by atoms with van der Waals surface area (Å²) >= 11 is 0. The van der Waals surface area contributed by atoms with Crippen molar-refractivity contribution in [2.75, 3.05) is 26.2 Å². The van der Waals surface area contributed by atoms with Crippen LogP contribution in [-0.2, 0) is 13.1 Å². The number of piperazine rings is 1. The van der Waals surface area contributed by atoms with Gasteiger partial charge in [-0.15, -0.1) is 0 Å². The molecule has 0 aliphatic carbocycles. The van der Waals surface area contributed by atoms with Crippen molar-refractivity contribution >= 4 is 16.9 Å². The predicted molar refractivity (Wildman–Crippen MR) is 104 cm³/mol. The van der Waals surface area contributed by atoms with E-state index in [-0.39, 0.29) is 6.03 Å². The van der Waals surface area contributed by atoms with Gasteiger partial charge in [0.15, 0.2) is 0 Å². The molecular formula is C21H24N4O. The minimum atomic E-state index is 0.0283. The standard InChI is InChI=1S/C21H24N4O/c26-21(23-14-17-6-2-1-3-7-17)25-12-10-24(11-13-25)16-18-15-22-20-9-5-4-8-19(18)20/h1-9,15,22H,10-14,16H2,(H,23,26).